The summed E-state index contributed by atoms with van der Waals surface area (Å²) in [6.07, 6.45) is 2.14. The van der Waals surface area contributed by atoms with Gasteiger partial charge in [-0.1, -0.05) is 30.3 Å². The Labute approximate surface area is 129 Å². The molecule has 2 rings (SSSR count). The average molecular weight is 353 g/mol. The molecule has 0 radical (unpaired) electrons. The molecule has 0 bridgehead atoms. The minimum Gasteiger partial charge on any atom is -0.358 e. The fourth-order valence-electron chi connectivity index (χ4n) is 1.79. The molecule has 8 heteroatoms. The van der Waals surface area contributed by atoms with Crippen molar-refractivity contribution in [3.8, 4) is 0 Å². The molecule has 0 fully saturated rings. The van der Waals surface area contributed by atoms with Crippen molar-refractivity contribution in [2.24, 2.45) is 0 Å². The molecule has 7 nitrogen and oxygen atoms in total. The number of hydrogen-bond acceptors (Lipinski definition) is 4. The number of rotatable bonds is 6. The smallest absolute Gasteiger partial charge is 0.358 e. The van der Waals surface area contributed by atoms with Crippen LogP contribution in [0.3, 0.4) is 0 Å². The van der Waals surface area contributed by atoms with Crippen molar-refractivity contribution in [1.82, 2.24) is 15.1 Å². The first-order valence-corrected chi connectivity index (χ1v) is 7.03. The first-order valence-electron chi connectivity index (χ1n) is 6.24. The Morgan fingerprint density at radius 1 is 1.38 bits per heavy atom. The van der Waals surface area contributed by atoms with E-state index in [0.717, 1.165) is 12.0 Å². The molecule has 0 aliphatic rings. The first-order chi connectivity index (χ1) is 10.1. The van der Waals surface area contributed by atoms with Crippen LogP contribution in [0.4, 0.5) is 5.82 Å². The van der Waals surface area contributed by atoms with Crippen molar-refractivity contribution in [1.29, 1.82) is 0 Å². The highest BCUT2D eigenvalue weighted by Crippen LogP contribution is 2.21. The second-order valence-electron chi connectivity index (χ2n) is 4.34. The number of aromatic nitrogens is 2. The second kappa shape index (κ2) is 6.98. The Morgan fingerprint density at radius 3 is 2.71 bits per heavy atom. The van der Waals surface area contributed by atoms with Gasteiger partial charge in [-0.05, 0) is 32.8 Å². The number of hydrogen-bond donors (Lipinski definition) is 1. The van der Waals surface area contributed by atoms with Crippen molar-refractivity contribution in [3.05, 3.63) is 56.7 Å². The van der Waals surface area contributed by atoms with Crippen LogP contribution in [0.1, 0.15) is 5.56 Å². The van der Waals surface area contributed by atoms with Gasteiger partial charge in [-0.3, -0.25) is 4.79 Å². The molecule has 0 spiro atoms. The van der Waals surface area contributed by atoms with Crippen LogP contribution < -0.4 is 5.32 Å². The Balaban J connectivity index is 1.82. The summed E-state index contributed by atoms with van der Waals surface area (Å²) in [5.74, 6) is -0.539. The molecule has 1 amide bonds. The summed E-state index contributed by atoms with van der Waals surface area (Å²) in [4.78, 5) is 21.8. The molecule has 0 unspecified atom stereocenters. The lowest BCUT2D eigenvalue weighted by Crippen LogP contribution is -2.29. The third kappa shape index (κ3) is 4.38. The van der Waals surface area contributed by atoms with Gasteiger partial charge in [0.2, 0.25) is 5.91 Å². The molecule has 1 heterocycles. The van der Waals surface area contributed by atoms with Crippen LogP contribution in [0.15, 0.2) is 41.0 Å². The van der Waals surface area contributed by atoms with E-state index in [9.17, 15) is 14.9 Å². The number of carbonyl (C=O) groups excluding carboxylic acids is 1. The van der Waals surface area contributed by atoms with Crippen molar-refractivity contribution in [3.63, 3.8) is 0 Å². The van der Waals surface area contributed by atoms with Gasteiger partial charge in [0.05, 0.1) is 11.3 Å². The highest BCUT2D eigenvalue weighted by Gasteiger charge is 2.19. The van der Waals surface area contributed by atoms with Crippen LogP contribution in [-0.4, -0.2) is 27.2 Å². The summed E-state index contributed by atoms with van der Waals surface area (Å²) in [6.45, 7) is 0.453. The van der Waals surface area contributed by atoms with E-state index in [2.05, 4.69) is 26.3 Å². The molecule has 2 aromatic rings. The summed E-state index contributed by atoms with van der Waals surface area (Å²) >= 11 is 3.03. The summed E-state index contributed by atoms with van der Waals surface area (Å²) in [5.41, 5.74) is 1.13. The zero-order chi connectivity index (χ0) is 15.2. The van der Waals surface area contributed by atoms with Crippen LogP contribution in [0, 0.1) is 10.1 Å². The van der Waals surface area contributed by atoms with Gasteiger partial charge in [-0.2, -0.15) is 4.68 Å². The molecule has 0 saturated carbocycles. The van der Waals surface area contributed by atoms with Crippen LogP contribution in [-0.2, 0) is 17.8 Å². The number of halogens is 1. The van der Waals surface area contributed by atoms with E-state index in [1.165, 1.54) is 10.9 Å². The van der Waals surface area contributed by atoms with E-state index < -0.39 is 4.92 Å². The van der Waals surface area contributed by atoms with E-state index in [4.69, 9.17) is 0 Å². The molecule has 1 aromatic heterocycles. The summed E-state index contributed by atoms with van der Waals surface area (Å²) in [7, 11) is 0. The SMILES string of the molecule is O=C(Cn1cc(Br)c([N+](=O)[O-])n1)NCCc1ccccc1. The number of nitro groups is 1. The zero-order valence-corrected chi connectivity index (χ0v) is 12.6. The normalized spacial score (nSPS) is 10.3. The maximum Gasteiger partial charge on any atom is 0.404 e. The van der Waals surface area contributed by atoms with Gasteiger partial charge in [0.15, 0.2) is 0 Å². The van der Waals surface area contributed by atoms with Gasteiger partial charge >= 0.3 is 5.82 Å². The fourth-order valence-corrected chi connectivity index (χ4v) is 2.25. The third-order valence-electron chi connectivity index (χ3n) is 2.76. The Morgan fingerprint density at radius 2 is 2.10 bits per heavy atom. The molecular formula is C13H13BrN4O3. The standard InChI is InChI=1S/C13H13BrN4O3/c14-11-8-17(16-13(11)18(20)21)9-12(19)15-7-6-10-4-2-1-3-5-10/h1-5,8H,6-7,9H2,(H,15,19). The predicted molar refractivity (Wildman–Crippen MR) is 79.7 cm³/mol. The fraction of sp³-hybridized carbons (Fsp3) is 0.231. The monoisotopic (exact) mass is 352 g/mol. The summed E-state index contributed by atoms with van der Waals surface area (Å²) in [5, 5.41) is 17.1. The van der Waals surface area contributed by atoms with Crippen molar-refractivity contribution >= 4 is 27.7 Å². The summed E-state index contributed by atoms with van der Waals surface area (Å²) in [6, 6.07) is 9.79. The van der Waals surface area contributed by atoms with Gasteiger partial charge < -0.3 is 15.4 Å². The highest BCUT2D eigenvalue weighted by molar-refractivity contribution is 9.10. The quantitative estimate of drug-likeness (QED) is 0.635. The van der Waals surface area contributed by atoms with Crippen LogP contribution in [0.25, 0.3) is 0 Å². The van der Waals surface area contributed by atoms with Crippen LogP contribution in [0.2, 0.25) is 0 Å². The predicted octanol–water partition coefficient (Wildman–Crippen LogP) is 1.91. The Kier molecular flexibility index (Phi) is 5.04. The molecule has 1 aromatic carbocycles. The lowest BCUT2D eigenvalue weighted by Gasteiger charge is -2.04. The molecule has 0 atom stereocenters. The topological polar surface area (TPSA) is 90.1 Å². The van der Waals surface area contributed by atoms with Crippen LogP contribution >= 0.6 is 15.9 Å². The van der Waals surface area contributed by atoms with Gasteiger partial charge in [0.25, 0.3) is 0 Å². The first kappa shape index (κ1) is 15.2. The molecular weight excluding hydrogens is 340 g/mol. The summed E-state index contributed by atoms with van der Waals surface area (Å²) < 4.78 is 1.49. The molecule has 21 heavy (non-hydrogen) atoms. The minimum atomic E-state index is -0.603. The van der Waals surface area contributed by atoms with E-state index in [0.29, 0.717) is 6.54 Å². The van der Waals surface area contributed by atoms with Gasteiger partial charge in [0, 0.05) is 6.54 Å². The number of nitrogens with one attached hydrogen (secondary N) is 1. The van der Waals surface area contributed by atoms with Gasteiger partial charge in [-0.25, -0.2) is 0 Å². The van der Waals surface area contributed by atoms with E-state index >= 15 is 0 Å². The molecule has 0 saturated heterocycles. The largest absolute Gasteiger partial charge is 0.404 e. The maximum absolute atomic E-state index is 11.7. The van der Waals surface area contributed by atoms with E-state index in [1.807, 2.05) is 30.3 Å². The average Bonchev–Trinajstić information content (AvgIpc) is 2.81. The minimum absolute atomic E-state index is 0.0543. The lowest BCUT2D eigenvalue weighted by atomic mass is 10.1. The number of carbonyl (C=O) groups is 1. The number of nitrogens with zero attached hydrogens (tertiary/aromatic N) is 3. The maximum atomic E-state index is 11.7. The van der Waals surface area contributed by atoms with Crippen molar-refractivity contribution < 1.29 is 9.72 Å². The third-order valence-corrected chi connectivity index (χ3v) is 3.32. The molecule has 110 valence electrons. The van der Waals surface area contributed by atoms with Gasteiger partial charge in [-0.15, -0.1) is 0 Å². The molecule has 1 N–H and O–H groups in total. The van der Waals surface area contributed by atoms with Crippen LogP contribution in [0.5, 0.6) is 0 Å². The van der Waals surface area contributed by atoms with Gasteiger partial charge in [0.1, 0.15) is 11.0 Å². The van der Waals surface area contributed by atoms with E-state index in [1.54, 1.807) is 0 Å². The van der Waals surface area contributed by atoms with E-state index in [-0.39, 0.29) is 22.7 Å². The zero-order valence-electron chi connectivity index (χ0n) is 11.0. The molecule has 0 aliphatic heterocycles. The second-order valence-corrected chi connectivity index (χ2v) is 5.20. The molecule has 0 aliphatic carbocycles. The Bertz CT molecular complexity index is 642. The van der Waals surface area contributed by atoms with Crippen molar-refractivity contribution in [2.75, 3.05) is 6.54 Å². The lowest BCUT2D eigenvalue weighted by molar-refractivity contribution is -0.390. The number of benzene rings is 1. The van der Waals surface area contributed by atoms with Crippen molar-refractivity contribution in [2.45, 2.75) is 13.0 Å². The number of amides is 1. The highest BCUT2D eigenvalue weighted by atomic mass is 79.9. The Hall–Kier alpha value is -2.22.